The molecule has 4 rings (SSSR count). The van der Waals surface area contributed by atoms with Crippen molar-refractivity contribution >= 4 is 39.7 Å². The van der Waals surface area contributed by atoms with Crippen LogP contribution in [0.15, 0.2) is 66.6 Å². The van der Waals surface area contributed by atoms with Crippen LogP contribution in [-0.4, -0.2) is 47.9 Å². The zero-order chi connectivity index (χ0) is 45.0. The van der Waals surface area contributed by atoms with Crippen molar-refractivity contribution in [1.29, 1.82) is 5.26 Å². The number of nitrogens with one attached hydrogen (secondary N) is 1. The maximum atomic E-state index is 13.4. The van der Waals surface area contributed by atoms with Crippen molar-refractivity contribution in [2.24, 2.45) is 0 Å². The molecule has 8 nitrogen and oxygen atoms in total. The van der Waals surface area contributed by atoms with Gasteiger partial charge in [-0.15, -0.1) is 0 Å². The Morgan fingerprint density at radius 2 is 2.12 bits per heavy atom. The zero-order valence-corrected chi connectivity index (χ0v) is 22.6. The van der Waals surface area contributed by atoms with E-state index in [0.29, 0.717) is 0 Å². The molecule has 0 saturated carbocycles. The van der Waals surface area contributed by atoms with Crippen LogP contribution in [-0.2, 0) is 17.8 Å². The summed E-state index contributed by atoms with van der Waals surface area (Å²) < 4.78 is 160. The highest BCUT2D eigenvalue weighted by Crippen LogP contribution is 2.36. The van der Waals surface area contributed by atoms with Gasteiger partial charge in [-0.3, -0.25) is 14.8 Å². The third-order valence-electron chi connectivity index (χ3n) is 4.96. The van der Waals surface area contributed by atoms with Crippen LogP contribution in [0.5, 0.6) is 11.5 Å². The lowest BCUT2D eigenvalue weighted by Gasteiger charge is -2.16. The Morgan fingerprint density at radius 1 is 1.27 bits per heavy atom. The first-order chi connectivity index (χ1) is 27.0. The van der Waals surface area contributed by atoms with Gasteiger partial charge in [-0.05, 0) is 70.2 Å². The summed E-state index contributed by atoms with van der Waals surface area (Å²) in [5.74, 6) is -3.05. The van der Waals surface area contributed by atoms with Crippen LogP contribution in [0.3, 0.4) is 0 Å². The van der Waals surface area contributed by atoms with Crippen LogP contribution < -0.4 is 14.8 Å². The average molecular weight is 588 g/mol. The van der Waals surface area contributed by atoms with Gasteiger partial charge >= 0.3 is 0 Å². The van der Waals surface area contributed by atoms with Gasteiger partial charge in [-0.1, -0.05) is 23.7 Å². The predicted octanol–water partition coefficient (Wildman–Crippen LogP) is 6.41. The molecular formula is C32H32ClN5O3. The van der Waals surface area contributed by atoms with Gasteiger partial charge in [0.1, 0.15) is 24.1 Å². The Labute approximate surface area is 270 Å². The fourth-order valence-electron chi connectivity index (χ4n) is 3.22. The highest BCUT2D eigenvalue weighted by Gasteiger charge is 2.16. The second-order valence-corrected chi connectivity index (χ2v) is 8.73. The summed E-state index contributed by atoms with van der Waals surface area (Å²) >= 11 is 6.42. The second-order valence-electron chi connectivity index (χ2n) is 8.35. The van der Waals surface area contributed by atoms with Gasteiger partial charge in [0.25, 0.3) is 0 Å². The fourth-order valence-corrected chi connectivity index (χ4v) is 3.40. The number of allylic oxidation sites excluding steroid dienone is 1. The lowest BCUT2D eigenvalue weighted by Crippen LogP contribution is -2.11. The summed E-state index contributed by atoms with van der Waals surface area (Å²) in [6, 6.07) is -6.30. The molecule has 4 aromatic rings. The van der Waals surface area contributed by atoms with Gasteiger partial charge in [0, 0.05) is 51.6 Å². The van der Waals surface area contributed by atoms with Crippen LogP contribution in [0.25, 0.3) is 10.9 Å². The number of fused-ring (bicyclic) bond motifs is 1. The topological polar surface area (TPSA) is 100 Å². The summed E-state index contributed by atoms with van der Waals surface area (Å²) in [7, 11) is 3.12. The first-order valence-corrected chi connectivity index (χ1v) is 12.0. The minimum absolute atomic E-state index is 0.131. The number of carbonyl (C=O) groups excluding carboxylic acids is 1. The van der Waals surface area contributed by atoms with E-state index in [1.807, 2.05) is 0 Å². The van der Waals surface area contributed by atoms with Crippen LogP contribution in [0.2, 0.25) is 5.02 Å². The smallest absolute Gasteiger partial charge is 0.159 e. The normalized spacial score (nSPS) is 18.9. The number of ketones is 1. The van der Waals surface area contributed by atoms with Crippen molar-refractivity contribution in [2.45, 2.75) is 26.8 Å². The Kier molecular flexibility index (Phi) is 4.68. The molecule has 0 saturated heterocycles. The molecule has 0 aliphatic carbocycles. The number of ether oxygens (including phenoxy) is 2. The zero-order valence-electron chi connectivity index (χ0n) is 39.8. The minimum Gasteiger partial charge on any atom is -0.494 e. The number of nitriles is 1. The number of anilines is 2. The van der Waals surface area contributed by atoms with Crippen molar-refractivity contribution < 1.29 is 38.9 Å². The Hall–Kier alpha value is -4.45. The minimum atomic E-state index is -3.56. The molecule has 210 valence electrons. The second kappa shape index (κ2) is 13.8. The van der Waals surface area contributed by atoms with E-state index in [9.17, 15) is 11.4 Å². The fraction of sp³-hybridized carbons (Fsp3) is 0.250. The molecule has 1 N–H and O–H groups in total. The highest BCUT2D eigenvalue weighted by atomic mass is 35.5. The number of rotatable bonds is 12. The van der Waals surface area contributed by atoms with Gasteiger partial charge in [-0.25, -0.2) is 0 Å². The van der Waals surface area contributed by atoms with Gasteiger partial charge in [0.05, 0.1) is 54.6 Å². The molecule has 2 heterocycles. The molecule has 0 radical (unpaired) electrons. The third-order valence-corrected chi connectivity index (χ3v) is 5.23. The van der Waals surface area contributed by atoms with Gasteiger partial charge < -0.3 is 19.7 Å². The third kappa shape index (κ3) is 7.82. The standard InChI is InChI=1S/C32H32ClN5O3/c1-5-40-31-17-29-27(15-22(31)14-26(39)10-7-13-38(3)4)32(23(18-34)19-35-29)37-24-11-12-30(28(33)16-24)41-20-25-9-6-8-21(2)36-25/h6-12,15-17,19H,5,13-14,20H2,1-4H3,(H,35,37)/b10-7+/i1D3,5D2,6D,7D,8D,9D,10D,11D,12D,15D,16D,17D,19D,20D2. The number of aryl methyl sites for hydroxylation is 1. The molecule has 0 fully saturated rings. The van der Waals surface area contributed by atoms with Gasteiger partial charge in [0.2, 0.25) is 0 Å². The highest BCUT2D eigenvalue weighted by molar-refractivity contribution is 6.32. The van der Waals surface area contributed by atoms with Crippen molar-refractivity contribution in [3.63, 3.8) is 0 Å². The molecule has 2 aromatic heterocycles. The van der Waals surface area contributed by atoms with Gasteiger partial charge in [-0.2, -0.15) is 5.26 Å². The molecule has 0 bridgehead atoms. The van der Waals surface area contributed by atoms with Crippen molar-refractivity contribution in [3.8, 4) is 17.6 Å². The van der Waals surface area contributed by atoms with Crippen LogP contribution in [0.4, 0.5) is 11.4 Å². The first kappa shape index (κ1) is 13.9. The van der Waals surface area contributed by atoms with Crippen LogP contribution in [0.1, 0.15) is 54.0 Å². The van der Waals surface area contributed by atoms with Gasteiger partial charge in [0.15, 0.2) is 5.78 Å². The molecule has 0 aliphatic rings. The molecule has 9 heteroatoms. The maximum absolute atomic E-state index is 13.4. The van der Waals surface area contributed by atoms with E-state index in [1.54, 1.807) is 20.2 Å². The summed E-state index contributed by atoms with van der Waals surface area (Å²) in [6.45, 7) is -9.07. The monoisotopic (exact) mass is 587 g/mol. The van der Waals surface area contributed by atoms with E-state index >= 15 is 0 Å². The number of pyridine rings is 2. The van der Waals surface area contributed by atoms with Crippen molar-refractivity contribution in [1.82, 2.24) is 14.9 Å². The number of likely N-dealkylation sites (N-methyl/N-ethyl adjacent to an activating group) is 1. The van der Waals surface area contributed by atoms with Crippen molar-refractivity contribution in [2.75, 3.05) is 32.5 Å². The van der Waals surface area contributed by atoms with E-state index in [4.69, 9.17) is 44.4 Å². The Morgan fingerprint density at radius 3 is 2.90 bits per heavy atom. The lowest BCUT2D eigenvalue weighted by atomic mass is 10.0. The summed E-state index contributed by atoms with van der Waals surface area (Å²) in [6.07, 6.45) is -1.95. The molecule has 0 amide bonds. The quantitative estimate of drug-likeness (QED) is 0.190. The molecule has 41 heavy (non-hydrogen) atoms. The molecule has 0 aliphatic heterocycles. The lowest BCUT2D eigenvalue weighted by molar-refractivity contribution is -0.114. The predicted molar refractivity (Wildman–Crippen MR) is 162 cm³/mol. The largest absolute Gasteiger partial charge is 0.494 e. The number of hydrogen-bond acceptors (Lipinski definition) is 8. The molecule has 0 atom stereocenters. The van der Waals surface area contributed by atoms with Crippen LogP contribution in [0, 0.1) is 18.3 Å². The summed E-state index contributed by atoms with van der Waals surface area (Å²) in [5, 5.41) is 11.3. The van der Waals surface area contributed by atoms with E-state index in [-0.39, 0.29) is 12.2 Å². The number of benzene rings is 2. The Balaban J connectivity index is 2.02. The molecular weight excluding hydrogens is 538 g/mol. The number of hydrogen-bond donors (Lipinski definition) is 1. The number of aromatic nitrogens is 2. The SMILES string of the molecule is [2H]/C(CN(C)C)=C(/[2H])C(=O)Cc1c(OC([2H])([2H])C([2H])([2H])[2H])c([2H])c2nc([2H])c(C#N)c(Nc3c([2H])c([2H])c(OC([2H])([2H])c4nc(C)c([2H])c([2H])c4[2H])c(Cl)c3[2H])c2c1[2H]. The van der Waals surface area contributed by atoms with Crippen molar-refractivity contribution in [3.05, 3.63) is 94.2 Å². The van der Waals surface area contributed by atoms with Crippen LogP contribution >= 0.6 is 11.6 Å². The molecule has 2 aromatic carbocycles. The number of nitrogens with zero attached hydrogens (tertiary/aromatic N) is 4. The number of halogens is 1. The van der Waals surface area contributed by atoms with E-state index in [0.717, 1.165) is 0 Å². The van der Waals surface area contributed by atoms with E-state index in [2.05, 4.69) is 15.3 Å². The maximum Gasteiger partial charge on any atom is 0.159 e. The molecule has 0 spiro atoms. The summed E-state index contributed by atoms with van der Waals surface area (Å²) in [5.41, 5.74) is -4.35. The summed E-state index contributed by atoms with van der Waals surface area (Å²) in [4.78, 5) is 22.6. The van der Waals surface area contributed by atoms with E-state index < -0.39 is 154 Å². The first-order valence-electron chi connectivity index (χ1n) is 20.6. The number of carbonyl (C=O) groups is 1. The molecule has 0 unspecified atom stereocenters. The Bertz CT molecular complexity index is 2460. The van der Waals surface area contributed by atoms with E-state index in [1.165, 1.54) is 11.8 Å². The average Bonchev–Trinajstić information content (AvgIpc) is 3.13.